The predicted molar refractivity (Wildman–Crippen MR) is 209 cm³/mol. The van der Waals surface area contributed by atoms with E-state index in [1.807, 2.05) is 24.3 Å². The number of ether oxygens (including phenoxy) is 3. The van der Waals surface area contributed by atoms with Crippen LogP contribution in [0.2, 0.25) is 0 Å². The average Bonchev–Trinajstić information content (AvgIpc) is 3.53. The summed E-state index contributed by atoms with van der Waals surface area (Å²) in [7, 11) is 1.57. The van der Waals surface area contributed by atoms with Gasteiger partial charge in [0, 0.05) is 36.8 Å². The number of nitrogens with one attached hydrogen (secondary N) is 2. The molecule has 300 valence electrons. The maximum Gasteiger partial charge on any atom is 0.410 e. The van der Waals surface area contributed by atoms with Gasteiger partial charge in [0.1, 0.15) is 40.0 Å². The number of rotatable bonds is 10. The molecule has 3 aromatic carbocycles. The van der Waals surface area contributed by atoms with Crippen LogP contribution in [-0.2, 0) is 11.3 Å². The number of methoxy groups -OCH3 is 1. The van der Waals surface area contributed by atoms with E-state index in [2.05, 4.69) is 20.7 Å². The highest BCUT2D eigenvalue weighted by atomic mass is 19.1. The molecule has 2 atom stereocenters. The first kappa shape index (κ1) is 39.3. The molecule has 14 nitrogen and oxygen atoms in total. The SMILES string of the molecule is COc1ccc(Cn2nc(N[C@H]3CCN(C(=O)OC(C)(C)C)C[C@H]3F)c3c(Oc4ccc(NC(=O)c5ccnn(-c6ccc(F)cc6)c5=O)cc4F)ccnc32)cc1. The van der Waals surface area contributed by atoms with Gasteiger partial charge >= 0.3 is 6.09 Å². The van der Waals surface area contributed by atoms with Gasteiger partial charge in [-0.05, 0) is 87.4 Å². The zero-order valence-corrected chi connectivity index (χ0v) is 31.9. The molecule has 0 saturated carbocycles. The van der Waals surface area contributed by atoms with Crippen molar-refractivity contribution in [1.29, 1.82) is 0 Å². The zero-order chi connectivity index (χ0) is 41.1. The second-order valence-electron chi connectivity index (χ2n) is 14.5. The third-order valence-electron chi connectivity index (χ3n) is 9.17. The smallest absolute Gasteiger partial charge is 0.410 e. The van der Waals surface area contributed by atoms with Crippen molar-refractivity contribution in [2.75, 3.05) is 30.8 Å². The number of benzene rings is 3. The van der Waals surface area contributed by atoms with Crippen molar-refractivity contribution in [1.82, 2.24) is 29.4 Å². The summed E-state index contributed by atoms with van der Waals surface area (Å²) in [6.45, 7) is 5.53. The number of likely N-dealkylation sites (tertiary alicyclic amines) is 1. The predicted octanol–water partition coefficient (Wildman–Crippen LogP) is 7.12. The number of aromatic nitrogens is 5. The van der Waals surface area contributed by atoms with Crippen LogP contribution in [0.25, 0.3) is 16.7 Å². The second-order valence-corrected chi connectivity index (χ2v) is 14.5. The van der Waals surface area contributed by atoms with Crippen LogP contribution in [0, 0.1) is 11.6 Å². The Morgan fingerprint density at radius 2 is 1.71 bits per heavy atom. The molecule has 17 heteroatoms. The van der Waals surface area contributed by atoms with Crippen LogP contribution in [0.5, 0.6) is 17.2 Å². The normalized spacial score (nSPS) is 15.5. The molecule has 0 unspecified atom stereocenters. The van der Waals surface area contributed by atoms with Crippen molar-refractivity contribution in [3.63, 3.8) is 0 Å². The molecular weight excluding hydrogens is 757 g/mol. The number of amides is 2. The molecule has 7 rings (SSSR count). The van der Waals surface area contributed by atoms with Gasteiger partial charge in [-0.1, -0.05) is 12.1 Å². The summed E-state index contributed by atoms with van der Waals surface area (Å²) in [5.41, 5.74) is -0.273. The number of hydrogen-bond donors (Lipinski definition) is 2. The molecule has 4 heterocycles. The molecule has 0 radical (unpaired) electrons. The Kier molecular flexibility index (Phi) is 11.0. The molecule has 1 aliphatic rings. The Morgan fingerprint density at radius 1 is 0.948 bits per heavy atom. The number of pyridine rings is 1. The van der Waals surface area contributed by atoms with Crippen LogP contribution in [-0.4, -0.2) is 79.5 Å². The fraction of sp³-hybridized carbons (Fsp3) is 0.268. The highest BCUT2D eigenvalue weighted by Crippen LogP contribution is 2.37. The monoisotopic (exact) mass is 796 g/mol. The number of carbonyl (C=O) groups excluding carboxylic acids is 2. The van der Waals surface area contributed by atoms with Crippen molar-refractivity contribution in [2.24, 2.45) is 0 Å². The average molecular weight is 797 g/mol. The summed E-state index contributed by atoms with van der Waals surface area (Å²) in [5, 5.41) is 14.8. The van der Waals surface area contributed by atoms with Gasteiger partial charge in [0.05, 0.1) is 31.9 Å². The number of fused-ring (bicyclic) bond motifs is 1. The van der Waals surface area contributed by atoms with E-state index in [1.54, 1.807) is 32.6 Å². The van der Waals surface area contributed by atoms with E-state index in [0.717, 1.165) is 28.4 Å². The standard InChI is InChI=1S/C41H39F3N8O6/c1-41(2,3)58-40(55)50-20-17-32(31(44)23-50)48-36-35-34(16-18-45-37(35)51(49-36)22-24-5-12-28(56-4)13-6-24)57-33-14-9-26(21-30(33)43)47-38(53)29-15-19-46-52(39(29)54)27-10-7-25(42)8-11-27/h5-16,18-19,21,31-32H,17,20,22-23H2,1-4H3,(H,47,53)(H,48,49)/t31-,32+/m1/s1. The molecule has 1 saturated heterocycles. The van der Waals surface area contributed by atoms with Gasteiger partial charge in [-0.2, -0.15) is 14.9 Å². The molecular formula is C41H39F3N8O6. The summed E-state index contributed by atoms with van der Waals surface area (Å²) in [6, 6.07) is 18.1. The molecule has 0 spiro atoms. The van der Waals surface area contributed by atoms with Gasteiger partial charge in [0.2, 0.25) is 0 Å². The molecule has 1 fully saturated rings. The molecule has 2 amide bonds. The molecule has 3 aromatic heterocycles. The van der Waals surface area contributed by atoms with Gasteiger partial charge < -0.3 is 29.7 Å². The third-order valence-corrected chi connectivity index (χ3v) is 9.17. The van der Waals surface area contributed by atoms with Crippen molar-refractivity contribution in [3.05, 3.63) is 124 Å². The first-order valence-corrected chi connectivity index (χ1v) is 18.3. The van der Waals surface area contributed by atoms with E-state index in [4.69, 9.17) is 19.3 Å². The molecule has 58 heavy (non-hydrogen) atoms. The summed E-state index contributed by atoms with van der Waals surface area (Å²) in [6.07, 6.45) is 0.881. The quantitative estimate of drug-likeness (QED) is 0.147. The fourth-order valence-electron chi connectivity index (χ4n) is 6.34. The van der Waals surface area contributed by atoms with Crippen LogP contribution < -0.4 is 25.7 Å². The first-order valence-electron chi connectivity index (χ1n) is 18.3. The van der Waals surface area contributed by atoms with Gasteiger partial charge in [-0.3, -0.25) is 9.59 Å². The summed E-state index contributed by atoms with van der Waals surface area (Å²) < 4.78 is 64.3. The molecule has 0 aliphatic carbocycles. The highest BCUT2D eigenvalue weighted by molar-refractivity contribution is 6.04. The largest absolute Gasteiger partial charge is 0.497 e. The Bertz CT molecular complexity index is 2520. The van der Waals surface area contributed by atoms with E-state index in [-0.39, 0.29) is 60.3 Å². The van der Waals surface area contributed by atoms with Crippen LogP contribution in [0.1, 0.15) is 43.1 Å². The minimum absolute atomic E-state index is 0.0284. The van der Waals surface area contributed by atoms with Gasteiger partial charge in [0.15, 0.2) is 23.0 Å². The third kappa shape index (κ3) is 8.72. The molecule has 2 N–H and O–H groups in total. The van der Waals surface area contributed by atoms with Gasteiger partial charge in [0.25, 0.3) is 11.5 Å². The van der Waals surface area contributed by atoms with E-state index in [1.165, 1.54) is 53.7 Å². The fourth-order valence-corrected chi connectivity index (χ4v) is 6.34. The molecule has 6 aromatic rings. The van der Waals surface area contributed by atoms with Crippen molar-refractivity contribution >= 4 is 34.5 Å². The summed E-state index contributed by atoms with van der Waals surface area (Å²) in [5.74, 6) is -1.32. The lowest BCUT2D eigenvalue weighted by Gasteiger charge is -2.36. The van der Waals surface area contributed by atoms with Crippen molar-refractivity contribution in [3.8, 4) is 22.9 Å². The second kappa shape index (κ2) is 16.3. The summed E-state index contributed by atoms with van der Waals surface area (Å²) in [4.78, 5) is 44.8. The lowest BCUT2D eigenvalue weighted by Crippen LogP contribution is -2.51. The van der Waals surface area contributed by atoms with E-state index in [9.17, 15) is 18.8 Å². The van der Waals surface area contributed by atoms with Gasteiger partial charge in [-0.25, -0.2) is 27.6 Å². The van der Waals surface area contributed by atoms with Crippen LogP contribution in [0.4, 0.5) is 29.5 Å². The lowest BCUT2D eigenvalue weighted by molar-refractivity contribution is 0.0125. The summed E-state index contributed by atoms with van der Waals surface area (Å²) >= 11 is 0. The Hall–Kier alpha value is -6.91. The number of anilines is 2. The van der Waals surface area contributed by atoms with Crippen LogP contribution in [0.3, 0.4) is 0 Å². The number of halogens is 3. The Labute approximate surface area is 330 Å². The highest BCUT2D eigenvalue weighted by Gasteiger charge is 2.35. The Balaban J connectivity index is 1.14. The van der Waals surface area contributed by atoms with Crippen LogP contribution >= 0.6 is 0 Å². The zero-order valence-electron chi connectivity index (χ0n) is 31.9. The maximum atomic E-state index is 15.8. The van der Waals surface area contributed by atoms with Crippen molar-refractivity contribution < 1.29 is 37.0 Å². The van der Waals surface area contributed by atoms with Crippen molar-refractivity contribution in [2.45, 2.75) is 51.6 Å². The Morgan fingerprint density at radius 3 is 2.40 bits per heavy atom. The van der Waals surface area contributed by atoms with Crippen LogP contribution in [0.15, 0.2) is 96.1 Å². The number of hydrogen-bond acceptors (Lipinski definition) is 10. The maximum absolute atomic E-state index is 15.8. The first-order chi connectivity index (χ1) is 27.8. The number of carbonyl (C=O) groups is 2. The lowest BCUT2D eigenvalue weighted by atomic mass is 10.0. The minimum Gasteiger partial charge on any atom is -0.497 e. The number of piperidine rings is 1. The van der Waals surface area contributed by atoms with E-state index >= 15 is 8.78 Å². The number of alkyl halides is 1. The van der Waals surface area contributed by atoms with Gasteiger partial charge in [-0.15, -0.1) is 0 Å². The molecule has 1 aliphatic heterocycles. The topological polar surface area (TPSA) is 155 Å². The van der Waals surface area contributed by atoms with E-state index < -0.39 is 47.0 Å². The van der Waals surface area contributed by atoms with E-state index in [0.29, 0.717) is 16.8 Å². The minimum atomic E-state index is -1.48. The molecule has 0 bridgehead atoms. The number of nitrogens with zero attached hydrogens (tertiary/aromatic N) is 6.